The predicted octanol–water partition coefficient (Wildman–Crippen LogP) is 2.32. The molecule has 0 aliphatic heterocycles. The van der Waals surface area contributed by atoms with Gasteiger partial charge in [0.15, 0.2) is 11.6 Å². The highest BCUT2D eigenvalue weighted by atomic mass is 16.5. The zero-order valence-corrected chi connectivity index (χ0v) is 15.6. The van der Waals surface area contributed by atoms with Crippen molar-refractivity contribution in [2.45, 2.75) is 26.7 Å². The van der Waals surface area contributed by atoms with Crippen molar-refractivity contribution < 1.29 is 9.05 Å². The second-order valence-corrected chi connectivity index (χ2v) is 6.24. The zero-order valence-electron chi connectivity index (χ0n) is 15.6. The van der Waals surface area contributed by atoms with Gasteiger partial charge in [0, 0.05) is 31.3 Å². The van der Waals surface area contributed by atoms with Crippen LogP contribution >= 0.6 is 0 Å². The summed E-state index contributed by atoms with van der Waals surface area (Å²) in [6.07, 6.45) is 1.20. The maximum Gasteiger partial charge on any atom is 0.228 e. The van der Waals surface area contributed by atoms with Gasteiger partial charge in [0.2, 0.25) is 17.7 Å². The first kappa shape index (κ1) is 17.8. The van der Waals surface area contributed by atoms with E-state index in [1.54, 1.807) is 13.8 Å². The molecule has 0 spiro atoms. The Morgan fingerprint density at radius 2 is 1.43 bits per heavy atom. The van der Waals surface area contributed by atoms with Crippen molar-refractivity contribution in [2.75, 3.05) is 23.7 Å². The minimum Gasteiger partial charge on any atom is -0.369 e. The molecule has 0 saturated carbocycles. The molecule has 0 fully saturated rings. The van der Waals surface area contributed by atoms with Gasteiger partial charge in [-0.3, -0.25) is 0 Å². The molecule has 0 radical (unpaired) electrons. The maximum absolute atomic E-state index is 5.14. The molecule has 0 saturated heterocycles. The van der Waals surface area contributed by atoms with Gasteiger partial charge >= 0.3 is 0 Å². The van der Waals surface area contributed by atoms with Crippen molar-refractivity contribution in [2.24, 2.45) is 0 Å². The summed E-state index contributed by atoms with van der Waals surface area (Å²) in [6.45, 7) is 4.79. The Bertz CT molecular complexity index is 1070. The van der Waals surface area contributed by atoms with Crippen LogP contribution in [0.5, 0.6) is 0 Å². The molecule has 4 rings (SSSR count). The summed E-state index contributed by atoms with van der Waals surface area (Å²) in [7, 11) is 0. The molecule has 3 heterocycles. The van der Waals surface area contributed by atoms with E-state index in [0.717, 1.165) is 16.7 Å². The normalized spacial score (nSPS) is 11.1. The quantitative estimate of drug-likeness (QED) is 0.470. The summed E-state index contributed by atoms with van der Waals surface area (Å²) >= 11 is 0. The number of aryl methyl sites for hydroxylation is 2. The third kappa shape index (κ3) is 4.22. The second-order valence-electron chi connectivity index (χ2n) is 6.24. The lowest BCUT2D eigenvalue weighted by Crippen LogP contribution is -2.12. The Labute approximate surface area is 160 Å². The zero-order chi connectivity index (χ0) is 19.3. The van der Waals surface area contributed by atoms with Crippen molar-refractivity contribution in [1.82, 2.24) is 30.2 Å². The Kier molecular flexibility index (Phi) is 5.09. The van der Waals surface area contributed by atoms with Crippen LogP contribution in [0.1, 0.15) is 23.4 Å². The van der Waals surface area contributed by atoms with Gasteiger partial charge in [0.05, 0.1) is 5.52 Å². The molecule has 0 amide bonds. The lowest BCUT2D eigenvalue weighted by Gasteiger charge is -2.11. The summed E-state index contributed by atoms with van der Waals surface area (Å²) in [4.78, 5) is 17.6. The highest BCUT2D eigenvalue weighted by Gasteiger charge is 2.09. The smallest absolute Gasteiger partial charge is 0.228 e. The number of nitrogens with one attached hydrogen (secondary N) is 2. The third-order valence-electron chi connectivity index (χ3n) is 4.00. The molecular formula is C18H20N8O2. The highest BCUT2D eigenvalue weighted by molar-refractivity contribution is 5.90. The number of aromatic nitrogens is 6. The highest BCUT2D eigenvalue weighted by Crippen LogP contribution is 2.21. The molecular weight excluding hydrogens is 360 g/mol. The van der Waals surface area contributed by atoms with Gasteiger partial charge in [-0.05, 0) is 26.0 Å². The average molecular weight is 380 g/mol. The van der Waals surface area contributed by atoms with E-state index in [2.05, 4.69) is 40.9 Å². The first-order chi connectivity index (χ1) is 13.7. The van der Waals surface area contributed by atoms with E-state index >= 15 is 0 Å². The lowest BCUT2D eigenvalue weighted by atomic mass is 10.2. The number of benzene rings is 1. The molecule has 0 aliphatic rings. The lowest BCUT2D eigenvalue weighted by molar-refractivity contribution is 0.377. The fourth-order valence-electron chi connectivity index (χ4n) is 2.74. The Morgan fingerprint density at radius 1 is 0.786 bits per heavy atom. The molecule has 3 aromatic heterocycles. The first-order valence-electron chi connectivity index (χ1n) is 9.00. The first-order valence-corrected chi connectivity index (χ1v) is 9.00. The van der Waals surface area contributed by atoms with E-state index in [1.165, 1.54) is 0 Å². The van der Waals surface area contributed by atoms with Crippen molar-refractivity contribution in [3.63, 3.8) is 0 Å². The average Bonchev–Trinajstić information content (AvgIpc) is 3.29. The topological polar surface area (TPSA) is 128 Å². The SMILES string of the molecule is Cc1noc(CCNc2nc(NCCc3nc(C)no3)c3ccccc3n2)n1. The summed E-state index contributed by atoms with van der Waals surface area (Å²) < 4.78 is 10.3. The van der Waals surface area contributed by atoms with E-state index in [-0.39, 0.29) is 0 Å². The summed E-state index contributed by atoms with van der Waals surface area (Å²) in [5, 5.41) is 15.1. The number of nitrogens with zero attached hydrogens (tertiary/aromatic N) is 6. The van der Waals surface area contributed by atoms with E-state index < -0.39 is 0 Å². The molecule has 1 aromatic carbocycles. The number of anilines is 2. The van der Waals surface area contributed by atoms with Crippen LogP contribution in [-0.4, -0.2) is 43.3 Å². The van der Waals surface area contributed by atoms with Crippen LogP contribution in [0.15, 0.2) is 33.3 Å². The summed E-state index contributed by atoms with van der Waals surface area (Å²) in [6, 6.07) is 7.85. The van der Waals surface area contributed by atoms with Crippen LogP contribution in [0.2, 0.25) is 0 Å². The van der Waals surface area contributed by atoms with Gasteiger partial charge in [-0.15, -0.1) is 0 Å². The molecule has 4 aromatic rings. The van der Waals surface area contributed by atoms with Crippen LogP contribution < -0.4 is 10.6 Å². The monoisotopic (exact) mass is 380 g/mol. The van der Waals surface area contributed by atoms with Crippen LogP contribution in [0.25, 0.3) is 10.9 Å². The van der Waals surface area contributed by atoms with Crippen LogP contribution in [0.4, 0.5) is 11.8 Å². The van der Waals surface area contributed by atoms with Gasteiger partial charge in [0.25, 0.3) is 0 Å². The van der Waals surface area contributed by atoms with Gasteiger partial charge in [-0.25, -0.2) is 4.98 Å². The molecule has 28 heavy (non-hydrogen) atoms. The molecule has 0 unspecified atom stereocenters. The van der Waals surface area contributed by atoms with Crippen molar-refractivity contribution in [3.05, 3.63) is 47.7 Å². The van der Waals surface area contributed by atoms with Crippen LogP contribution in [-0.2, 0) is 12.8 Å². The van der Waals surface area contributed by atoms with Crippen molar-refractivity contribution >= 4 is 22.7 Å². The Balaban J connectivity index is 1.44. The minimum absolute atomic E-state index is 0.533. The molecule has 2 N–H and O–H groups in total. The van der Waals surface area contributed by atoms with E-state index in [4.69, 9.17) is 9.05 Å². The van der Waals surface area contributed by atoms with Crippen molar-refractivity contribution in [1.29, 1.82) is 0 Å². The van der Waals surface area contributed by atoms with Crippen LogP contribution in [0, 0.1) is 13.8 Å². The Hall–Kier alpha value is -3.56. The van der Waals surface area contributed by atoms with Crippen LogP contribution in [0.3, 0.4) is 0 Å². The number of fused-ring (bicyclic) bond motifs is 1. The fourth-order valence-corrected chi connectivity index (χ4v) is 2.74. The number of para-hydroxylation sites is 1. The number of rotatable bonds is 8. The Morgan fingerprint density at radius 3 is 2.07 bits per heavy atom. The minimum atomic E-state index is 0.533. The third-order valence-corrected chi connectivity index (χ3v) is 4.00. The van der Waals surface area contributed by atoms with E-state index in [1.807, 2.05) is 24.3 Å². The molecule has 144 valence electrons. The van der Waals surface area contributed by atoms with E-state index in [0.29, 0.717) is 55.3 Å². The van der Waals surface area contributed by atoms with Gasteiger partial charge in [-0.2, -0.15) is 15.0 Å². The standard InChI is InChI=1S/C18H20N8O2/c1-11-21-15(27-25-11)7-9-19-17-13-5-3-4-6-14(13)23-18(24-17)20-10-8-16-22-12(2)26-28-16/h3-6H,7-10H2,1-2H3,(H2,19,20,23,24). The molecule has 0 aliphatic carbocycles. The van der Waals surface area contributed by atoms with Gasteiger partial charge in [0.1, 0.15) is 5.82 Å². The molecule has 0 bridgehead atoms. The number of hydrogen-bond donors (Lipinski definition) is 2. The molecule has 10 heteroatoms. The van der Waals surface area contributed by atoms with Gasteiger partial charge in [-0.1, -0.05) is 22.4 Å². The van der Waals surface area contributed by atoms with Crippen molar-refractivity contribution in [3.8, 4) is 0 Å². The molecule has 10 nitrogen and oxygen atoms in total. The van der Waals surface area contributed by atoms with Gasteiger partial charge < -0.3 is 19.7 Å². The summed E-state index contributed by atoms with van der Waals surface area (Å²) in [5.41, 5.74) is 0.852. The maximum atomic E-state index is 5.14. The second kappa shape index (κ2) is 7.99. The largest absolute Gasteiger partial charge is 0.369 e. The number of hydrogen-bond acceptors (Lipinski definition) is 10. The fraction of sp³-hybridized carbons (Fsp3) is 0.333. The molecule has 0 atom stereocenters. The van der Waals surface area contributed by atoms with E-state index in [9.17, 15) is 0 Å². The summed E-state index contributed by atoms with van der Waals surface area (Å²) in [5.74, 6) is 3.71. The predicted molar refractivity (Wildman–Crippen MR) is 102 cm³/mol.